The van der Waals surface area contributed by atoms with Gasteiger partial charge >= 0.3 is 0 Å². The van der Waals surface area contributed by atoms with Crippen LogP contribution in [0.3, 0.4) is 0 Å². The minimum Gasteiger partial charge on any atom is -0.379 e. The van der Waals surface area contributed by atoms with Gasteiger partial charge in [0.1, 0.15) is 12.2 Å². The van der Waals surface area contributed by atoms with Crippen LogP contribution in [0.5, 0.6) is 0 Å². The van der Waals surface area contributed by atoms with Gasteiger partial charge in [-0.3, -0.25) is 9.88 Å². The molecule has 5 heterocycles. The highest BCUT2D eigenvalue weighted by atomic mass is 16.5. The van der Waals surface area contributed by atoms with Gasteiger partial charge in [0.15, 0.2) is 5.65 Å². The van der Waals surface area contributed by atoms with E-state index in [0.29, 0.717) is 6.54 Å². The second-order valence-corrected chi connectivity index (χ2v) is 9.45. The minimum absolute atomic E-state index is 0.559. The molecule has 9 nitrogen and oxygen atoms in total. The highest BCUT2D eigenvalue weighted by Gasteiger charge is 2.17. The summed E-state index contributed by atoms with van der Waals surface area (Å²) in [5.41, 5.74) is 8.90. The smallest absolute Gasteiger partial charge is 0.155 e. The third-order valence-electron chi connectivity index (χ3n) is 6.65. The van der Waals surface area contributed by atoms with Crippen molar-refractivity contribution >= 4 is 11.3 Å². The number of H-pyrrole nitrogens is 1. The molecule has 0 unspecified atom stereocenters. The third-order valence-corrected chi connectivity index (χ3v) is 6.65. The molecule has 0 radical (unpaired) electrons. The summed E-state index contributed by atoms with van der Waals surface area (Å²) in [5, 5.41) is 7.94. The summed E-state index contributed by atoms with van der Waals surface area (Å²) in [5.74, 6) is 0.839. The van der Waals surface area contributed by atoms with Crippen molar-refractivity contribution in [1.29, 1.82) is 0 Å². The molecule has 0 amide bonds. The number of aromatic nitrogens is 6. The lowest BCUT2D eigenvalue weighted by Gasteiger charge is -2.27. The van der Waals surface area contributed by atoms with Crippen molar-refractivity contribution in [3.05, 3.63) is 83.7 Å². The van der Waals surface area contributed by atoms with Gasteiger partial charge in [-0.1, -0.05) is 18.2 Å². The number of nitrogens with one attached hydrogen (secondary N) is 2. The Morgan fingerprint density at radius 3 is 2.78 bits per heavy atom. The lowest BCUT2D eigenvalue weighted by molar-refractivity contribution is 0.0342. The van der Waals surface area contributed by atoms with Gasteiger partial charge in [-0.25, -0.2) is 14.5 Å². The molecule has 2 N–H and O–H groups in total. The van der Waals surface area contributed by atoms with Gasteiger partial charge in [0.25, 0.3) is 0 Å². The molecular formula is C28H30N8O. The molecule has 5 aromatic rings. The van der Waals surface area contributed by atoms with E-state index in [9.17, 15) is 0 Å². The Kier molecular flexibility index (Phi) is 6.38. The van der Waals surface area contributed by atoms with Crippen LogP contribution in [0.15, 0.2) is 61.1 Å². The first-order valence-electron chi connectivity index (χ1n) is 12.6. The lowest BCUT2D eigenvalue weighted by Crippen LogP contribution is -2.35. The Bertz CT molecular complexity index is 1530. The lowest BCUT2D eigenvalue weighted by atomic mass is 10.1. The molecule has 1 fully saturated rings. The topological polar surface area (TPSA) is 96.3 Å². The van der Waals surface area contributed by atoms with Crippen molar-refractivity contribution in [3.63, 3.8) is 0 Å². The quantitative estimate of drug-likeness (QED) is 0.349. The van der Waals surface area contributed by atoms with E-state index in [-0.39, 0.29) is 0 Å². The monoisotopic (exact) mass is 494 g/mol. The predicted octanol–water partition coefficient (Wildman–Crippen LogP) is 4.24. The van der Waals surface area contributed by atoms with E-state index in [1.807, 2.05) is 43.5 Å². The number of nitrogens with zero attached hydrogens (tertiary/aromatic N) is 6. The maximum absolute atomic E-state index is 5.52. The first-order chi connectivity index (χ1) is 18.1. The number of morpholine rings is 1. The van der Waals surface area contributed by atoms with Crippen molar-refractivity contribution in [3.8, 4) is 22.6 Å². The fraction of sp³-hybridized carbons (Fsp3) is 0.286. The van der Waals surface area contributed by atoms with E-state index in [0.717, 1.165) is 78.3 Å². The van der Waals surface area contributed by atoms with Crippen LogP contribution < -0.4 is 5.32 Å². The second kappa shape index (κ2) is 10.1. The molecule has 4 aromatic heterocycles. The number of ether oxygens (including phenoxy) is 1. The average Bonchev–Trinajstić information content (AvgIpc) is 3.56. The molecule has 9 heteroatoms. The molecule has 188 valence electrons. The standard InChI is InChI=1S/C28H30N8O/c1-19-6-7-21(16-35-10-12-37-13-11-35)24(14-19)29-15-25-33-27(22-8-9-26-30-18-31-36(26)17-22)28(34-25)23-5-3-4-20(2)32-23/h3-9,14,17-18,29H,10-13,15-16H2,1-2H3,(H,33,34). The first kappa shape index (κ1) is 23.3. The van der Waals surface area contributed by atoms with Crippen molar-refractivity contribution < 1.29 is 4.74 Å². The molecule has 1 aliphatic heterocycles. The number of hydrogen-bond donors (Lipinski definition) is 2. The molecule has 1 aromatic carbocycles. The van der Waals surface area contributed by atoms with E-state index in [1.54, 1.807) is 10.8 Å². The fourth-order valence-corrected chi connectivity index (χ4v) is 4.71. The number of aryl methyl sites for hydroxylation is 2. The summed E-state index contributed by atoms with van der Waals surface area (Å²) < 4.78 is 7.29. The zero-order chi connectivity index (χ0) is 25.2. The van der Waals surface area contributed by atoms with Crippen molar-refractivity contribution in [2.45, 2.75) is 26.9 Å². The van der Waals surface area contributed by atoms with E-state index >= 15 is 0 Å². The number of imidazole rings is 1. The van der Waals surface area contributed by atoms with Crippen LogP contribution in [0.2, 0.25) is 0 Å². The fourth-order valence-electron chi connectivity index (χ4n) is 4.71. The largest absolute Gasteiger partial charge is 0.379 e. The summed E-state index contributed by atoms with van der Waals surface area (Å²) >= 11 is 0. The molecule has 0 spiro atoms. The molecule has 0 saturated carbocycles. The van der Waals surface area contributed by atoms with Crippen molar-refractivity contribution in [2.24, 2.45) is 0 Å². The summed E-state index contributed by atoms with van der Waals surface area (Å²) in [6.45, 7) is 9.07. The van der Waals surface area contributed by atoms with Gasteiger partial charge in [-0.2, -0.15) is 5.10 Å². The van der Waals surface area contributed by atoms with Crippen molar-refractivity contribution in [2.75, 3.05) is 31.6 Å². The van der Waals surface area contributed by atoms with Crippen LogP contribution in [0.25, 0.3) is 28.3 Å². The number of fused-ring (bicyclic) bond motifs is 1. The third kappa shape index (κ3) is 5.09. The predicted molar refractivity (Wildman–Crippen MR) is 143 cm³/mol. The summed E-state index contributed by atoms with van der Waals surface area (Å²) in [7, 11) is 0. The van der Waals surface area contributed by atoms with Gasteiger partial charge in [0.2, 0.25) is 0 Å². The highest BCUT2D eigenvalue weighted by Crippen LogP contribution is 2.30. The van der Waals surface area contributed by atoms with Crippen LogP contribution in [0, 0.1) is 13.8 Å². The number of rotatable bonds is 7. The zero-order valence-electron chi connectivity index (χ0n) is 21.1. The zero-order valence-corrected chi connectivity index (χ0v) is 21.1. The van der Waals surface area contributed by atoms with Crippen LogP contribution in [-0.4, -0.2) is 60.8 Å². The van der Waals surface area contributed by atoms with E-state index in [1.165, 1.54) is 11.1 Å². The van der Waals surface area contributed by atoms with Gasteiger partial charge in [-0.15, -0.1) is 0 Å². The van der Waals surface area contributed by atoms with Crippen molar-refractivity contribution in [1.82, 2.24) is 34.4 Å². The normalized spacial score (nSPS) is 14.3. The van der Waals surface area contributed by atoms with Gasteiger partial charge < -0.3 is 15.0 Å². The number of aromatic amines is 1. The van der Waals surface area contributed by atoms with Crippen LogP contribution in [0.4, 0.5) is 5.69 Å². The molecule has 1 aliphatic rings. The minimum atomic E-state index is 0.559. The summed E-state index contributed by atoms with van der Waals surface area (Å²) in [6.07, 6.45) is 3.51. The Labute approximate surface area is 215 Å². The molecule has 0 atom stereocenters. The molecule has 37 heavy (non-hydrogen) atoms. The number of anilines is 1. The second-order valence-electron chi connectivity index (χ2n) is 9.45. The molecule has 6 rings (SSSR count). The first-order valence-corrected chi connectivity index (χ1v) is 12.6. The van der Waals surface area contributed by atoms with Gasteiger partial charge in [-0.05, 0) is 55.3 Å². The molecule has 1 saturated heterocycles. The van der Waals surface area contributed by atoms with E-state index in [4.69, 9.17) is 14.7 Å². The summed E-state index contributed by atoms with van der Waals surface area (Å²) in [6, 6.07) is 16.6. The molecule has 0 aliphatic carbocycles. The Balaban J connectivity index is 1.31. The maximum atomic E-state index is 5.52. The van der Waals surface area contributed by atoms with Crippen LogP contribution >= 0.6 is 0 Å². The van der Waals surface area contributed by atoms with E-state index < -0.39 is 0 Å². The average molecular weight is 495 g/mol. The number of pyridine rings is 2. The van der Waals surface area contributed by atoms with Crippen LogP contribution in [-0.2, 0) is 17.8 Å². The summed E-state index contributed by atoms with van der Waals surface area (Å²) in [4.78, 5) is 20.0. The molecular weight excluding hydrogens is 464 g/mol. The SMILES string of the molecule is Cc1ccc(CN2CCOCC2)c(NCc2nc(-c3ccc4ncnn4c3)c(-c3cccc(C)n3)[nH]2)c1. The van der Waals surface area contributed by atoms with E-state index in [2.05, 4.69) is 50.4 Å². The van der Waals surface area contributed by atoms with Gasteiger partial charge in [0.05, 0.1) is 36.8 Å². The Morgan fingerprint density at radius 2 is 1.92 bits per heavy atom. The number of benzene rings is 1. The maximum Gasteiger partial charge on any atom is 0.155 e. The number of hydrogen-bond acceptors (Lipinski definition) is 7. The Morgan fingerprint density at radius 1 is 1.03 bits per heavy atom. The highest BCUT2D eigenvalue weighted by molar-refractivity contribution is 5.77. The Hall–Kier alpha value is -4.08. The van der Waals surface area contributed by atoms with Crippen LogP contribution in [0.1, 0.15) is 22.6 Å². The molecule has 0 bridgehead atoms. The van der Waals surface area contributed by atoms with Gasteiger partial charge in [0, 0.05) is 42.8 Å².